The second-order valence-corrected chi connectivity index (χ2v) is 5.71. The minimum Gasteiger partial charge on any atom is -0.383 e. The van der Waals surface area contributed by atoms with Crippen LogP contribution in [0.15, 0.2) is 18.2 Å². The van der Waals surface area contributed by atoms with Gasteiger partial charge in [-0.1, -0.05) is 23.7 Å². The molecule has 0 saturated carbocycles. The van der Waals surface area contributed by atoms with Crippen molar-refractivity contribution < 1.29 is 0 Å². The molecule has 0 fully saturated rings. The fraction of sp³-hybridized carbons (Fsp3) is 0.250. The number of rotatable bonds is 1. The monoisotopic (exact) mass is 300 g/mol. The highest BCUT2D eigenvalue weighted by atomic mass is 35.5. The summed E-state index contributed by atoms with van der Waals surface area (Å²) in [5, 5.41) is 1.60. The number of hydrogen-bond acceptors (Lipinski definition) is 3. The quantitative estimate of drug-likeness (QED) is 0.742. The number of aryl methyl sites for hydroxylation is 3. The molecule has 0 bridgehead atoms. The zero-order valence-electron chi connectivity index (χ0n) is 12.5. The van der Waals surface area contributed by atoms with Gasteiger partial charge in [0.25, 0.3) is 0 Å². The maximum atomic E-state index is 6.43. The Kier molecular flexibility index (Phi) is 3.14. The maximum Gasteiger partial charge on any atom is 0.150 e. The van der Waals surface area contributed by atoms with Crippen LogP contribution in [0.25, 0.3) is 16.7 Å². The number of hydrogen-bond donors (Lipinski definition) is 1. The predicted octanol–water partition coefficient (Wildman–Crippen LogP) is 3.89. The van der Waals surface area contributed by atoms with E-state index in [0.29, 0.717) is 16.7 Å². The number of benzene rings is 1. The first kappa shape index (κ1) is 13.9. The van der Waals surface area contributed by atoms with E-state index in [4.69, 9.17) is 17.3 Å². The van der Waals surface area contributed by atoms with Crippen LogP contribution in [0, 0.1) is 27.7 Å². The summed E-state index contributed by atoms with van der Waals surface area (Å²) in [6.45, 7) is 7.97. The standard InChI is InChI=1S/C16H17ClN4/c1-8-6-5-7-12(17)14(8)21-10(3)9(2)13-15(18)19-11(4)20-16(13)21/h5-7H,1-4H3,(H2,18,19,20). The van der Waals surface area contributed by atoms with Crippen LogP contribution in [0.2, 0.25) is 5.02 Å². The topological polar surface area (TPSA) is 56.7 Å². The van der Waals surface area contributed by atoms with E-state index < -0.39 is 0 Å². The highest BCUT2D eigenvalue weighted by Crippen LogP contribution is 2.34. The SMILES string of the molecule is Cc1nc(N)c2c(C)c(C)n(-c3c(C)cccc3Cl)c2n1. The van der Waals surface area contributed by atoms with Crippen molar-refractivity contribution in [2.75, 3.05) is 5.73 Å². The Morgan fingerprint density at radius 3 is 2.48 bits per heavy atom. The second-order valence-electron chi connectivity index (χ2n) is 5.31. The first-order chi connectivity index (χ1) is 9.91. The smallest absolute Gasteiger partial charge is 0.150 e. The van der Waals surface area contributed by atoms with Gasteiger partial charge in [-0.3, -0.25) is 4.57 Å². The van der Waals surface area contributed by atoms with Gasteiger partial charge in [0.2, 0.25) is 0 Å². The summed E-state index contributed by atoms with van der Waals surface area (Å²) < 4.78 is 2.08. The number of para-hydroxylation sites is 1. The van der Waals surface area contributed by atoms with Crippen LogP contribution in [0.1, 0.15) is 22.6 Å². The fourth-order valence-electron chi connectivity index (χ4n) is 2.79. The Bertz CT molecular complexity index is 844. The van der Waals surface area contributed by atoms with Gasteiger partial charge >= 0.3 is 0 Å². The lowest BCUT2D eigenvalue weighted by Gasteiger charge is -2.13. The van der Waals surface area contributed by atoms with E-state index in [1.165, 1.54) is 0 Å². The van der Waals surface area contributed by atoms with Crippen LogP contribution in [0.4, 0.5) is 5.82 Å². The molecule has 21 heavy (non-hydrogen) atoms. The lowest BCUT2D eigenvalue weighted by Crippen LogP contribution is -2.03. The minimum atomic E-state index is 0.515. The van der Waals surface area contributed by atoms with Crippen LogP contribution < -0.4 is 5.73 Å². The molecule has 2 N–H and O–H groups in total. The van der Waals surface area contributed by atoms with Crippen molar-refractivity contribution in [1.82, 2.24) is 14.5 Å². The third-order valence-corrected chi connectivity index (χ3v) is 4.21. The maximum absolute atomic E-state index is 6.43. The van der Waals surface area contributed by atoms with Crippen LogP contribution >= 0.6 is 11.6 Å². The molecule has 0 atom stereocenters. The van der Waals surface area contributed by atoms with Crippen LogP contribution in [-0.2, 0) is 0 Å². The Balaban J connectivity index is 2.52. The molecule has 2 heterocycles. The molecule has 108 valence electrons. The summed E-state index contributed by atoms with van der Waals surface area (Å²) in [5.74, 6) is 1.17. The van der Waals surface area contributed by atoms with Crippen molar-refractivity contribution in [3.05, 3.63) is 45.9 Å². The van der Waals surface area contributed by atoms with Gasteiger partial charge in [0.15, 0.2) is 5.65 Å². The number of nitrogen functional groups attached to an aromatic ring is 1. The molecule has 0 unspecified atom stereocenters. The van der Waals surface area contributed by atoms with E-state index in [2.05, 4.69) is 21.5 Å². The largest absolute Gasteiger partial charge is 0.383 e. The van der Waals surface area contributed by atoms with Gasteiger partial charge in [0.1, 0.15) is 11.6 Å². The Morgan fingerprint density at radius 2 is 1.81 bits per heavy atom. The Morgan fingerprint density at radius 1 is 1.10 bits per heavy atom. The Hall–Kier alpha value is -2.07. The average molecular weight is 301 g/mol. The lowest BCUT2D eigenvalue weighted by atomic mass is 10.2. The number of nitrogens with two attached hydrogens (primary N) is 1. The van der Waals surface area contributed by atoms with Crippen molar-refractivity contribution in [1.29, 1.82) is 0 Å². The third-order valence-electron chi connectivity index (χ3n) is 3.91. The molecule has 0 aliphatic heterocycles. The van der Waals surface area contributed by atoms with Gasteiger partial charge in [-0.2, -0.15) is 0 Å². The van der Waals surface area contributed by atoms with Gasteiger partial charge in [0, 0.05) is 5.69 Å². The van der Waals surface area contributed by atoms with Crippen molar-refractivity contribution in [3.8, 4) is 5.69 Å². The summed E-state index contributed by atoms with van der Waals surface area (Å²) >= 11 is 6.43. The molecule has 0 radical (unpaired) electrons. The van der Waals surface area contributed by atoms with E-state index in [1.807, 2.05) is 39.0 Å². The third kappa shape index (κ3) is 1.98. The molecule has 0 aliphatic rings. The Labute approximate surface area is 128 Å². The number of aromatic nitrogens is 3. The second kappa shape index (κ2) is 4.74. The number of halogens is 1. The number of anilines is 1. The van der Waals surface area contributed by atoms with E-state index in [-0.39, 0.29) is 0 Å². The molecule has 4 nitrogen and oxygen atoms in total. The molecule has 3 aromatic rings. The van der Waals surface area contributed by atoms with Gasteiger partial charge in [-0.25, -0.2) is 9.97 Å². The highest BCUT2D eigenvalue weighted by Gasteiger charge is 2.19. The normalized spacial score (nSPS) is 11.3. The van der Waals surface area contributed by atoms with Gasteiger partial charge in [-0.15, -0.1) is 0 Å². The molecule has 3 rings (SSSR count). The zero-order valence-corrected chi connectivity index (χ0v) is 13.3. The van der Waals surface area contributed by atoms with Crippen molar-refractivity contribution >= 4 is 28.5 Å². The van der Waals surface area contributed by atoms with E-state index in [1.54, 1.807) is 0 Å². The molecule has 0 saturated heterocycles. The van der Waals surface area contributed by atoms with E-state index in [9.17, 15) is 0 Å². The molecule has 0 aliphatic carbocycles. The molecule has 2 aromatic heterocycles. The van der Waals surface area contributed by atoms with Crippen LogP contribution in [0.5, 0.6) is 0 Å². The zero-order chi connectivity index (χ0) is 15.3. The van der Waals surface area contributed by atoms with Crippen molar-refractivity contribution in [2.24, 2.45) is 0 Å². The van der Waals surface area contributed by atoms with Gasteiger partial charge in [-0.05, 0) is 44.9 Å². The van der Waals surface area contributed by atoms with Crippen LogP contribution in [-0.4, -0.2) is 14.5 Å². The predicted molar refractivity (Wildman–Crippen MR) is 87.2 cm³/mol. The highest BCUT2D eigenvalue weighted by molar-refractivity contribution is 6.32. The fourth-order valence-corrected chi connectivity index (χ4v) is 3.09. The number of nitrogens with zero attached hydrogens (tertiary/aromatic N) is 3. The molecule has 5 heteroatoms. The summed E-state index contributed by atoms with van der Waals surface area (Å²) in [6, 6.07) is 5.88. The van der Waals surface area contributed by atoms with Crippen molar-refractivity contribution in [2.45, 2.75) is 27.7 Å². The van der Waals surface area contributed by atoms with Crippen LogP contribution in [0.3, 0.4) is 0 Å². The molecule has 0 amide bonds. The summed E-state index contributed by atoms with van der Waals surface area (Å²) in [7, 11) is 0. The van der Waals surface area contributed by atoms with Gasteiger partial charge in [0.05, 0.1) is 16.1 Å². The molecular weight excluding hydrogens is 284 g/mol. The molecular formula is C16H17ClN4. The summed E-state index contributed by atoms with van der Waals surface area (Å²) in [6.07, 6.45) is 0. The summed E-state index contributed by atoms with van der Waals surface area (Å²) in [4.78, 5) is 8.87. The number of fused-ring (bicyclic) bond motifs is 1. The minimum absolute atomic E-state index is 0.515. The first-order valence-electron chi connectivity index (χ1n) is 6.79. The first-order valence-corrected chi connectivity index (χ1v) is 7.16. The average Bonchev–Trinajstić information content (AvgIpc) is 2.63. The summed E-state index contributed by atoms with van der Waals surface area (Å²) in [5.41, 5.74) is 11.1. The van der Waals surface area contributed by atoms with Crippen molar-refractivity contribution in [3.63, 3.8) is 0 Å². The van der Waals surface area contributed by atoms with E-state index >= 15 is 0 Å². The molecule has 1 aromatic carbocycles. The lowest BCUT2D eigenvalue weighted by molar-refractivity contribution is 0.986. The van der Waals surface area contributed by atoms with E-state index in [0.717, 1.165) is 33.5 Å². The molecule has 0 spiro atoms. The van der Waals surface area contributed by atoms with Gasteiger partial charge < -0.3 is 5.73 Å².